The summed E-state index contributed by atoms with van der Waals surface area (Å²) in [7, 11) is 0. The first-order valence-electron chi connectivity index (χ1n) is 12.4. The van der Waals surface area contributed by atoms with Gasteiger partial charge in [-0.15, -0.1) is 0 Å². The van der Waals surface area contributed by atoms with Crippen LogP contribution in [0.5, 0.6) is 0 Å². The van der Waals surface area contributed by atoms with Crippen molar-refractivity contribution in [1.82, 2.24) is 4.90 Å². The topological polar surface area (TPSA) is 57.6 Å². The molecular formula is C31H19Cl4NO3. The second kappa shape index (κ2) is 8.82. The summed E-state index contributed by atoms with van der Waals surface area (Å²) >= 11 is 26.9. The molecule has 8 rings (SSSR count). The molecule has 4 nitrogen and oxygen atoms in total. The van der Waals surface area contributed by atoms with E-state index in [-0.39, 0.29) is 10.0 Å². The molecule has 1 heterocycles. The van der Waals surface area contributed by atoms with Gasteiger partial charge in [-0.3, -0.25) is 14.5 Å². The maximum absolute atomic E-state index is 14.5. The molecule has 39 heavy (non-hydrogen) atoms. The molecule has 2 atom stereocenters. The van der Waals surface area contributed by atoms with Crippen molar-refractivity contribution in [3.05, 3.63) is 138 Å². The van der Waals surface area contributed by atoms with Crippen LogP contribution in [0, 0.1) is 11.8 Å². The molecule has 0 radical (unpaired) electrons. The zero-order chi connectivity index (χ0) is 27.2. The lowest BCUT2D eigenvalue weighted by molar-refractivity contribution is -0.143. The summed E-state index contributed by atoms with van der Waals surface area (Å²) in [5.74, 6) is -3.76. The van der Waals surface area contributed by atoms with Gasteiger partial charge in [0.25, 0.3) is 0 Å². The third kappa shape index (κ3) is 3.24. The number of hydrogen-bond donors (Lipinski definition) is 1. The Hall–Kier alpha value is -2.86. The Morgan fingerprint density at radius 3 is 1.54 bits per heavy atom. The van der Waals surface area contributed by atoms with Gasteiger partial charge in [0.2, 0.25) is 11.8 Å². The lowest BCUT2D eigenvalue weighted by Crippen LogP contribution is -2.54. The third-order valence-electron chi connectivity index (χ3n) is 8.35. The zero-order valence-electron chi connectivity index (χ0n) is 20.1. The zero-order valence-corrected chi connectivity index (χ0v) is 23.1. The van der Waals surface area contributed by atoms with Crippen LogP contribution >= 0.6 is 46.4 Å². The van der Waals surface area contributed by atoms with E-state index in [1.54, 1.807) is 24.3 Å². The predicted molar refractivity (Wildman–Crippen MR) is 151 cm³/mol. The molecular weight excluding hydrogens is 576 g/mol. The largest absolute Gasteiger partial charge is 0.379 e. The maximum atomic E-state index is 14.5. The Bertz CT molecular complexity index is 1590. The monoisotopic (exact) mass is 593 g/mol. The summed E-state index contributed by atoms with van der Waals surface area (Å²) in [6.07, 6.45) is 0. The molecule has 194 valence electrons. The van der Waals surface area contributed by atoms with Gasteiger partial charge in [0.1, 0.15) is 5.60 Å². The van der Waals surface area contributed by atoms with Gasteiger partial charge in [0.05, 0.1) is 17.9 Å². The SMILES string of the molecule is O=C1C2C3c4c(Cl)ccc(Cl)c4C(O)(c4c(Cl)ccc(Cl)c43)C2C(=O)N1C(c1ccccc1)c1ccccc1. The molecule has 2 bridgehead atoms. The van der Waals surface area contributed by atoms with Gasteiger partial charge in [-0.25, -0.2) is 0 Å². The average Bonchev–Trinajstić information content (AvgIpc) is 3.21. The van der Waals surface area contributed by atoms with Crippen molar-refractivity contribution < 1.29 is 14.7 Å². The smallest absolute Gasteiger partial charge is 0.237 e. The van der Waals surface area contributed by atoms with E-state index in [0.717, 1.165) is 11.1 Å². The number of rotatable bonds is 3. The van der Waals surface area contributed by atoms with E-state index in [1.165, 1.54) is 4.90 Å². The Labute approximate surface area is 244 Å². The summed E-state index contributed by atoms with van der Waals surface area (Å²) in [6, 6.07) is 24.5. The number of imide groups is 1. The van der Waals surface area contributed by atoms with Crippen LogP contribution in [-0.2, 0) is 15.2 Å². The van der Waals surface area contributed by atoms with Gasteiger partial charge in [0, 0.05) is 37.1 Å². The van der Waals surface area contributed by atoms with Crippen LogP contribution < -0.4 is 0 Å². The van der Waals surface area contributed by atoms with Crippen molar-refractivity contribution in [2.75, 3.05) is 0 Å². The Morgan fingerprint density at radius 2 is 1.08 bits per heavy atom. The molecule has 8 heteroatoms. The lowest BCUT2D eigenvalue weighted by atomic mass is 9.52. The van der Waals surface area contributed by atoms with Crippen molar-refractivity contribution in [3.63, 3.8) is 0 Å². The highest BCUT2D eigenvalue weighted by molar-refractivity contribution is 6.37. The first-order valence-corrected chi connectivity index (χ1v) is 13.9. The molecule has 1 N–H and O–H groups in total. The van der Waals surface area contributed by atoms with Gasteiger partial charge in [0.15, 0.2) is 0 Å². The molecule has 2 amide bonds. The van der Waals surface area contributed by atoms with Crippen molar-refractivity contribution in [3.8, 4) is 0 Å². The number of nitrogens with zero attached hydrogens (tertiary/aromatic N) is 1. The van der Waals surface area contributed by atoms with Crippen LogP contribution in [0.15, 0.2) is 84.9 Å². The summed E-state index contributed by atoms with van der Waals surface area (Å²) < 4.78 is 0. The van der Waals surface area contributed by atoms with E-state index < -0.39 is 41.2 Å². The summed E-state index contributed by atoms with van der Waals surface area (Å²) in [5, 5.41) is 13.9. The fourth-order valence-electron chi connectivity index (χ4n) is 6.96. The van der Waals surface area contributed by atoms with E-state index in [4.69, 9.17) is 46.4 Å². The van der Waals surface area contributed by atoms with Crippen LogP contribution in [0.25, 0.3) is 0 Å². The Kier molecular flexibility index (Phi) is 5.68. The number of amides is 2. The molecule has 0 aromatic heterocycles. The van der Waals surface area contributed by atoms with E-state index in [0.29, 0.717) is 32.3 Å². The van der Waals surface area contributed by atoms with Crippen LogP contribution in [0.1, 0.15) is 45.3 Å². The number of halogens is 4. The first-order chi connectivity index (χ1) is 18.8. The number of hydrogen-bond acceptors (Lipinski definition) is 3. The van der Waals surface area contributed by atoms with Gasteiger partial charge < -0.3 is 5.11 Å². The van der Waals surface area contributed by atoms with E-state index >= 15 is 0 Å². The van der Waals surface area contributed by atoms with Crippen LogP contribution in [0.2, 0.25) is 20.1 Å². The molecule has 1 aliphatic heterocycles. The van der Waals surface area contributed by atoms with Gasteiger partial charge >= 0.3 is 0 Å². The number of carbonyl (C=O) groups is 2. The summed E-state index contributed by atoms with van der Waals surface area (Å²) in [6.45, 7) is 0. The van der Waals surface area contributed by atoms with Gasteiger partial charge in [-0.1, -0.05) is 107 Å². The minimum absolute atomic E-state index is 0.239. The van der Waals surface area contributed by atoms with E-state index in [9.17, 15) is 14.7 Å². The quantitative estimate of drug-likeness (QED) is 0.252. The van der Waals surface area contributed by atoms with E-state index in [1.807, 2.05) is 60.7 Å². The summed E-state index contributed by atoms with van der Waals surface area (Å²) in [4.78, 5) is 30.4. The van der Waals surface area contributed by atoms with Crippen molar-refractivity contribution in [2.24, 2.45) is 11.8 Å². The Balaban J connectivity index is 1.52. The fourth-order valence-corrected chi connectivity index (χ4v) is 8.13. The van der Waals surface area contributed by atoms with E-state index in [2.05, 4.69) is 0 Å². The highest BCUT2D eigenvalue weighted by atomic mass is 35.5. The van der Waals surface area contributed by atoms with Crippen molar-refractivity contribution in [2.45, 2.75) is 17.6 Å². The number of likely N-dealkylation sites (tertiary alicyclic amines) is 1. The van der Waals surface area contributed by atoms with Crippen LogP contribution in [0.4, 0.5) is 0 Å². The minimum Gasteiger partial charge on any atom is -0.379 e. The molecule has 1 fully saturated rings. The van der Waals surface area contributed by atoms with Gasteiger partial charge in [-0.2, -0.15) is 0 Å². The molecule has 0 spiro atoms. The molecule has 3 aliphatic carbocycles. The molecule has 4 aromatic rings. The Morgan fingerprint density at radius 1 is 0.641 bits per heavy atom. The molecule has 2 unspecified atom stereocenters. The summed E-state index contributed by atoms with van der Waals surface area (Å²) in [5.41, 5.74) is 1.13. The second-order valence-electron chi connectivity index (χ2n) is 10.2. The standard InChI is InChI=1S/C31H19Cl4NO3/c32-17-11-13-19(34)25-21(17)23-22-18(33)12-14-20(35)26(22)31(25,39)27-24(23)29(37)36(30(27)38)28(15-7-3-1-4-8-15)16-9-5-2-6-10-16/h1-14,23-24,27-28,39H. The third-order valence-corrected chi connectivity index (χ3v) is 9.64. The highest BCUT2D eigenvalue weighted by Crippen LogP contribution is 2.67. The number of benzene rings is 4. The predicted octanol–water partition coefficient (Wildman–Crippen LogP) is 7.39. The van der Waals surface area contributed by atoms with Crippen molar-refractivity contribution in [1.29, 1.82) is 0 Å². The average molecular weight is 595 g/mol. The van der Waals surface area contributed by atoms with Crippen LogP contribution in [0.3, 0.4) is 0 Å². The highest BCUT2D eigenvalue weighted by Gasteiger charge is 2.70. The van der Waals surface area contributed by atoms with Crippen LogP contribution in [-0.4, -0.2) is 21.8 Å². The normalized spacial score (nSPS) is 24.7. The molecule has 1 saturated heterocycles. The number of aliphatic hydroxyl groups is 1. The fraction of sp³-hybridized carbons (Fsp3) is 0.161. The lowest BCUT2D eigenvalue weighted by Gasteiger charge is -2.52. The van der Waals surface area contributed by atoms with Crippen molar-refractivity contribution >= 4 is 58.2 Å². The number of carbonyl (C=O) groups excluding carboxylic acids is 2. The molecule has 4 aromatic carbocycles. The second-order valence-corrected chi connectivity index (χ2v) is 11.8. The molecule has 4 aliphatic rings. The maximum Gasteiger partial charge on any atom is 0.237 e. The first kappa shape index (κ1) is 25.1. The van der Waals surface area contributed by atoms with Gasteiger partial charge in [-0.05, 0) is 46.5 Å². The molecule has 0 saturated carbocycles. The minimum atomic E-state index is -2.02.